The Labute approximate surface area is 162 Å². The second-order valence-electron chi connectivity index (χ2n) is 6.48. The minimum atomic E-state index is -3.96. The summed E-state index contributed by atoms with van der Waals surface area (Å²) in [4.78, 5) is 29.7. The van der Waals surface area contributed by atoms with Gasteiger partial charge in [0.2, 0.25) is 0 Å². The summed E-state index contributed by atoms with van der Waals surface area (Å²) in [5, 5.41) is 1.27. The Hall–Kier alpha value is -2.81. The fraction of sp³-hybridized carbons (Fsp3) is 0.316. The summed E-state index contributed by atoms with van der Waals surface area (Å²) in [6.07, 6.45) is 4.58. The highest BCUT2D eigenvalue weighted by Crippen LogP contribution is 2.28. The maximum Gasteiger partial charge on any atom is 0.311 e. The fourth-order valence-corrected chi connectivity index (χ4v) is 4.73. The van der Waals surface area contributed by atoms with Crippen LogP contribution in [-0.4, -0.2) is 49.8 Å². The Morgan fingerprint density at radius 2 is 1.82 bits per heavy atom. The number of nitrogens with one attached hydrogen (secondary N) is 1. The monoisotopic (exact) mass is 405 g/mol. The van der Waals surface area contributed by atoms with Crippen molar-refractivity contribution < 1.29 is 22.4 Å². The Kier molecular flexibility index (Phi) is 6.03. The number of pyridine rings is 1. The van der Waals surface area contributed by atoms with Gasteiger partial charge in [-0.3, -0.25) is 14.6 Å². The molecular weight excluding hydrogens is 385 g/mol. The molecule has 3 rings (SSSR count). The lowest BCUT2D eigenvalue weighted by atomic mass is 10.2. The molecule has 1 fully saturated rings. The van der Waals surface area contributed by atoms with Gasteiger partial charge in [-0.15, -0.1) is 0 Å². The summed E-state index contributed by atoms with van der Waals surface area (Å²) in [6, 6.07) is 7.62. The summed E-state index contributed by atoms with van der Waals surface area (Å²) in [6.45, 7) is 0.738. The van der Waals surface area contributed by atoms with Gasteiger partial charge in [-0.25, -0.2) is 12.8 Å². The topological polar surface area (TPSA) is 96.4 Å². The molecule has 1 aliphatic rings. The first-order valence-electron chi connectivity index (χ1n) is 8.86. The van der Waals surface area contributed by atoms with Gasteiger partial charge in [0, 0.05) is 32.0 Å². The average molecular weight is 405 g/mol. The minimum Gasteiger partial charge on any atom is -0.346 e. The summed E-state index contributed by atoms with van der Waals surface area (Å²) in [5.74, 6) is -2.06. The molecule has 0 spiro atoms. The number of benzene rings is 1. The third-order valence-electron chi connectivity index (χ3n) is 4.61. The Balaban J connectivity index is 1.82. The molecule has 2 aromatic rings. The number of hydrogen-bond donors (Lipinski definition) is 1. The number of amides is 2. The van der Waals surface area contributed by atoms with Gasteiger partial charge in [0.05, 0.1) is 4.90 Å². The second-order valence-corrected chi connectivity index (χ2v) is 8.61. The van der Waals surface area contributed by atoms with Crippen LogP contribution in [0.15, 0.2) is 53.7 Å². The molecule has 0 bridgehead atoms. The molecular formula is C19H20FN3O4S. The highest BCUT2D eigenvalue weighted by atomic mass is 32.2. The zero-order chi connectivity index (χ0) is 20.1. The van der Waals surface area contributed by atoms with Crippen molar-refractivity contribution in [1.82, 2.24) is 15.2 Å². The van der Waals surface area contributed by atoms with Crippen LogP contribution in [0.3, 0.4) is 0 Å². The predicted octanol–water partition coefficient (Wildman–Crippen LogP) is 1.47. The summed E-state index contributed by atoms with van der Waals surface area (Å²) < 4.78 is 39.4. The minimum absolute atomic E-state index is 0.0807. The lowest BCUT2D eigenvalue weighted by Gasteiger charge is -2.20. The second kappa shape index (κ2) is 8.47. The number of likely N-dealkylation sites (tertiary alicyclic amines) is 1. The molecule has 0 unspecified atom stereocenters. The van der Waals surface area contributed by atoms with E-state index in [0.29, 0.717) is 18.7 Å². The molecule has 28 heavy (non-hydrogen) atoms. The van der Waals surface area contributed by atoms with E-state index in [1.807, 2.05) is 0 Å². The normalized spacial score (nSPS) is 15.2. The first kappa shape index (κ1) is 19.9. The van der Waals surface area contributed by atoms with E-state index in [1.54, 1.807) is 12.1 Å². The van der Waals surface area contributed by atoms with E-state index in [9.17, 15) is 22.4 Å². The maximum absolute atomic E-state index is 13.2. The van der Waals surface area contributed by atoms with E-state index >= 15 is 0 Å². The zero-order valence-electron chi connectivity index (χ0n) is 15.0. The van der Waals surface area contributed by atoms with Crippen molar-refractivity contribution in [3.05, 3.63) is 60.2 Å². The number of nitrogens with zero attached hydrogens (tertiary/aromatic N) is 2. The van der Waals surface area contributed by atoms with E-state index in [0.717, 1.165) is 25.0 Å². The van der Waals surface area contributed by atoms with Crippen molar-refractivity contribution >= 4 is 21.7 Å². The number of aromatic nitrogens is 1. The number of carbonyl (C=O) groups is 2. The fourth-order valence-electron chi connectivity index (χ4n) is 3.09. The lowest BCUT2D eigenvalue weighted by Crippen LogP contribution is -2.43. The lowest BCUT2D eigenvalue weighted by molar-refractivity contribution is -0.145. The summed E-state index contributed by atoms with van der Waals surface area (Å²) >= 11 is 0. The van der Waals surface area contributed by atoms with E-state index in [4.69, 9.17) is 0 Å². The van der Waals surface area contributed by atoms with Crippen molar-refractivity contribution in [2.45, 2.75) is 23.0 Å². The molecule has 7 nitrogen and oxygen atoms in total. The zero-order valence-corrected chi connectivity index (χ0v) is 15.9. The van der Waals surface area contributed by atoms with Gasteiger partial charge in [-0.05, 0) is 48.7 Å². The quantitative estimate of drug-likeness (QED) is 0.600. The van der Waals surface area contributed by atoms with Crippen LogP contribution in [0.5, 0.6) is 0 Å². The molecule has 1 aliphatic heterocycles. The molecule has 2 amide bonds. The van der Waals surface area contributed by atoms with E-state index in [-0.39, 0.29) is 11.4 Å². The van der Waals surface area contributed by atoms with Crippen molar-refractivity contribution in [3.63, 3.8) is 0 Å². The molecule has 148 valence electrons. The maximum atomic E-state index is 13.2. The summed E-state index contributed by atoms with van der Waals surface area (Å²) in [5.41, 5.74) is 0.362. The van der Waals surface area contributed by atoms with Gasteiger partial charge < -0.3 is 10.2 Å². The molecule has 1 atom stereocenters. The van der Waals surface area contributed by atoms with Crippen LogP contribution in [0.2, 0.25) is 0 Å². The molecule has 1 aromatic heterocycles. The van der Waals surface area contributed by atoms with Crippen LogP contribution in [0.1, 0.15) is 23.7 Å². The first-order chi connectivity index (χ1) is 13.4. The highest BCUT2D eigenvalue weighted by Gasteiger charge is 2.31. The van der Waals surface area contributed by atoms with E-state index in [1.165, 1.54) is 29.4 Å². The summed E-state index contributed by atoms with van der Waals surface area (Å²) in [7, 11) is -3.96. The number of carbonyl (C=O) groups excluding carboxylic acids is 2. The van der Waals surface area contributed by atoms with Crippen molar-refractivity contribution in [1.29, 1.82) is 0 Å². The number of sulfone groups is 1. The van der Waals surface area contributed by atoms with Crippen LogP contribution in [0.25, 0.3) is 0 Å². The van der Waals surface area contributed by atoms with Crippen LogP contribution in [0, 0.1) is 5.82 Å². The Morgan fingerprint density at radius 3 is 2.43 bits per heavy atom. The molecule has 1 saturated heterocycles. The number of rotatable bonds is 5. The largest absolute Gasteiger partial charge is 0.346 e. The van der Waals surface area contributed by atoms with Crippen LogP contribution < -0.4 is 5.32 Å². The molecule has 1 aromatic carbocycles. The third kappa shape index (κ3) is 4.36. The molecule has 9 heteroatoms. The van der Waals surface area contributed by atoms with Gasteiger partial charge in [0.15, 0.2) is 9.84 Å². The van der Waals surface area contributed by atoms with Gasteiger partial charge in [-0.2, -0.15) is 0 Å². The standard InChI is InChI=1S/C19H20FN3O4S/c20-15-5-7-16(8-6-15)28(26,27)17(14-4-3-9-21-12-14)13-22-18(24)19(25)23-10-1-2-11-23/h3-9,12,17H,1-2,10-11,13H2,(H,22,24)/t17-/m1/s1. The highest BCUT2D eigenvalue weighted by molar-refractivity contribution is 7.91. The van der Waals surface area contributed by atoms with Crippen molar-refractivity contribution in [3.8, 4) is 0 Å². The van der Waals surface area contributed by atoms with Crippen molar-refractivity contribution in [2.24, 2.45) is 0 Å². The van der Waals surface area contributed by atoms with Gasteiger partial charge in [0.25, 0.3) is 0 Å². The van der Waals surface area contributed by atoms with E-state index in [2.05, 4.69) is 10.3 Å². The smallest absolute Gasteiger partial charge is 0.311 e. The Morgan fingerprint density at radius 1 is 1.14 bits per heavy atom. The Bertz CT molecular complexity index is 943. The SMILES string of the molecule is O=C(NC[C@H](c1cccnc1)S(=O)(=O)c1ccc(F)cc1)C(=O)N1CCCC1. The third-order valence-corrected chi connectivity index (χ3v) is 6.73. The molecule has 2 heterocycles. The van der Waals surface area contributed by atoms with Crippen molar-refractivity contribution in [2.75, 3.05) is 19.6 Å². The number of halogens is 1. The van der Waals surface area contributed by atoms with Gasteiger partial charge >= 0.3 is 11.8 Å². The predicted molar refractivity (Wildman–Crippen MR) is 99.4 cm³/mol. The van der Waals surface area contributed by atoms with Gasteiger partial charge in [-0.1, -0.05) is 6.07 Å². The van der Waals surface area contributed by atoms with E-state index < -0.39 is 32.7 Å². The van der Waals surface area contributed by atoms with Gasteiger partial charge in [0.1, 0.15) is 11.1 Å². The molecule has 0 aliphatic carbocycles. The first-order valence-corrected chi connectivity index (χ1v) is 10.4. The molecule has 0 saturated carbocycles. The average Bonchev–Trinajstić information content (AvgIpc) is 3.23. The van der Waals surface area contributed by atoms with Crippen LogP contribution in [-0.2, 0) is 19.4 Å². The molecule has 1 N–H and O–H groups in total. The molecule has 0 radical (unpaired) electrons. The van der Waals surface area contributed by atoms with Crippen LogP contribution in [0.4, 0.5) is 4.39 Å². The van der Waals surface area contributed by atoms with Crippen LogP contribution >= 0.6 is 0 Å². The number of hydrogen-bond acceptors (Lipinski definition) is 5.